The Kier molecular flexibility index (Phi) is 5.14. The lowest BCUT2D eigenvalue weighted by Crippen LogP contribution is -2.54. The highest BCUT2D eigenvalue weighted by atomic mass is 16.6. The molecule has 1 atom stereocenters. The van der Waals surface area contributed by atoms with Gasteiger partial charge in [-0.2, -0.15) is 0 Å². The number of piperazine rings is 1. The van der Waals surface area contributed by atoms with E-state index in [2.05, 4.69) is 41.3 Å². The average Bonchev–Trinajstić information content (AvgIpc) is 3.00. The highest BCUT2D eigenvalue weighted by molar-refractivity contribution is 5.79. The zero-order valence-electron chi connectivity index (χ0n) is 15.7. The number of hydrogen-bond donors (Lipinski definition) is 1. The summed E-state index contributed by atoms with van der Waals surface area (Å²) < 4.78 is 5.76. The summed E-state index contributed by atoms with van der Waals surface area (Å²) in [6.45, 7) is 5.37. The second-order valence-electron chi connectivity index (χ2n) is 7.37. The maximum Gasteiger partial charge on any atom is 0.410 e. The standard InChI is InChI=1S/C22H26N2O3/c1-16-14-23(12-13-25)10-11-24(16)22(26)27-15-21-19-8-4-2-6-17(19)18-7-3-5-9-20(18)21/h2-9,16,21,25H,10-15H2,1H3. The molecule has 1 fully saturated rings. The number of ether oxygens (including phenoxy) is 1. The van der Waals surface area contributed by atoms with E-state index in [-0.39, 0.29) is 24.7 Å². The first-order valence-electron chi connectivity index (χ1n) is 9.64. The molecule has 0 aromatic heterocycles. The first kappa shape index (κ1) is 18.0. The molecule has 0 saturated carbocycles. The van der Waals surface area contributed by atoms with Crippen molar-refractivity contribution in [2.75, 3.05) is 39.4 Å². The number of rotatable bonds is 4. The van der Waals surface area contributed by atoms with Crippen LogP contribution in [-0.2, 0) is 4.74 Å². The van der Waals surface area contributed by atoms with Gasteiger partial charge >= 0.3 is 6.09 Å². The minimum atomic E-state index is -0.243. The number of carbonyl (C=O) groups excluding carboxylic acids is 1. The minimum absolute atomic E-state index is 0.0842. The monoisotopic (exact) mass is 366 g/mol. The Labute approximate surface area is 160 Å². The molecular formula is C22H26N2O3. The van der Waals surface area contributed by atoms with Gasteiger partial charge in [0.25, 0.3) is 0 Å². The molecule has 1 N–H and O–H groups in total. The van der Waals surface area contributed by atoms with E-state index in [1.807, 2.05) is 19.1 Å². The quantitative estimate of drug-likeness (QED) is 0.904. The van der Waals surface area contributed by atoms with Crippen molar-refractivity contribution in [3.8, 4) is 11.1 Å². The van der Waals surface area contributed by atoms with Crippen molar-refractivity contribution in [3.63, 3.8) is 0 Å². The van der Waals surface area contributed by atoms with Crippen LogP contribution in [-0.4, -0.2) is 66.4 Å². The minimum Gasteiger partial charge on any atom is -0.448 e. The van der Waals surface area contributed by atoms with Gasteiger partial charge in [-0.05, 0) is 29.2 Å². The van der Waals surface area contributed by atoms with Gasteiger partial charge in [-0.15, -0.1) is 0 Å². The number of carbonyl (C=O) groups is 1. The van der Waals surface area contributed by atoms with Crippen LogP contribution in [0.15, 0.2) is 48.5 Å². The van der Waals surface area contributed by atoms with Crippen molar-refractivity contribution in [2.24, 2.45) is 0 Å². The van der Waals surface area contributed by atoms with Crippen LogP contribution in [0.3, 0.4) is 0 Å². The van der Waals surface area contributed by atoms with Crippen LogP contribution >= 0.6 is 0 Å². The molecule has 2 aromatic rings. The van der Waals surface area contributed by atoms with Crippen molar-refractivity contribution in [1.29, 1.82) is 0 Å². The Morgan fingerprint density at radius 2 is 1.70 bits per heavy atom. The molecule has 2 aliphatic rings. The summed E-state index contributed by atoms with van der Waals surface area (Å²) in [5, 5.41) is 9.10. The van der Waals surface area contributed by atoms with E-state index in [1.54, 1.807) is 4.90 Å². The number of aliphatic hydroxyl groups is 1. The highest BCUT2D eigenvalue weighted by Crippen LogP contribution is 2.44. The molecular weight excluding hydrogens is 340 g/mol. The number of aliphatic hydroxyl groups excluding tert-OH is 1. The van der Waals surface area contributed by atoms with Crippen LogP contribution < -0.4 is 0 Å². The smallest absolute Gasteiger partial charge is 0.410 e. The Balaban J connectivity index is 1.44. The first-order valence-corrected chi connectivity index (χ1v) is 9.64. The SMILES string of the molecule is CC1CN(CCO)CCN1C(=O)OCC1c2ccccc2-c2ccccc21. The maximum atomic E-state index is 12.7. The molecule has 5 nitrogen and oxygen atoms in total. The zero-order chi connectivity index (χ0) is 18.8. The first-order chi connectivity index (χ1) is 13.2. The van der Waals surface area contributed by atoms with Crippen LogP contribution in [0.25, 0.3) is 11.1 Å². The molecule has 2 aromatic carbocycles. The predicted octanol–water partition coefficient (Wildman–Crippen LogP) is 2.93. The Hall–Kier alpha value is -2.37. The molecule has 142 valence electrons. The summed E-state index contributed by atoms with van der Waals surface area (Å²) in [6.07, 6.45) is -0.243. The van der Waals surface area contributed by atoms with Crippen LogP contribution in [0.1, 0.15) is 24.0 Å². The van der Waals surface area contributed by atoms with Gasteiger partial charge < -0.3 is 14.7 Å². The lowest BCUT2D eigenvalue weighted by atomic mass is 9.98. The molecule has 1 amide bonds. The van der Waals surface area contributed by atoms with E-state index in [9.17, 15) is 4.79 Å². The largest absolute Gasteiger partial charge is 0.448 e. The number of hydrogen-bond acceptors (Lipinski definition) is 4. The average molecular weight is 366 g/mol. The van der Waals surface area contributed by atoms with E-state index in [1.165, 1.54) is 22.3 Å². The lowest BCUT2D eigenvalue weighted by Gasteiger charge is -2.39. The van der Waals surface area contributed by atoms with Crippen LogP contribution in [0.2, 0.25) is 0 Å². The fraction of sp³-hybridized carbons (Fsp3) is 0.409. The van der Waals surface area contributed by atoms with Gasteiger partial charge in [-0.1, -0.05) is 48.5 Å². The topological polar surface area (TPSA) is 53.0 Å². The summed E-state index contributed by atoms with van der Waals surface area (Å²) >= 11 is 0. The Morgan fingerprint density at radius 1 is 1.07 bits per heavy atom. The molecule has 0 bridgehead atoms. The number of amides is 1. The molecule has 5 heteroatoms. The van der Waals surface area contributed by atoms with E-state index < -0.39 is 0 Å². The maximum absolute atomic E-state index is 12.7. The molecule has 27 heavy (non-hydrogen) atoms. The molecule has 1 unspecified atom stereocenters. The summed E-state index contributed by atoms with van der Waals surface area (Å²) in [4.78, 5) is 16.7. The van der Waals surface area contributed by atoms with Crippen molar-refractivity contribution in [2.45, 2.75) is 18.9 Å². The van der Waals surface area contributed by atoms with Crippen molar-refractivity contribution >= 4 is 6.09 Å². The van der Waals surface area contributed by atoms with Crippen LogP contribution in [0, 0.1) is 0 Å². The molecule has 1 heterocycles. The normalized spacial score (nSPS) is 19.6. The Bertz CT molecular complexity index is 777. The molecule has 1 aliphatic carbocycles. The second kappa shape index (κ2) is 7.71. The van der Waals surface area contributed by atoms with Gasteiger partial charge in [0.1, 0.15) is 6.61 Å². The highest BCUT2D eigenvalue weighted by Gasteiger charge is 2.32. The van der Waals surface area contributed by atoms with Crippen molar-refractivity contribution in [3.05, 3.63) is 59.7 Å². The zero-order valence-corrected chi connectivity index (χ0v) is 15.7. The third-order valence-corrected chi connectivity index (χ3v) is 5.70. The van der Waals surface area contributed by atoms with Gasteiger partial charge in [0.05, 0.1) is 6.61 Å². The van der Waals surface area contributed by atoms with E-state index in [0.29, 0.717) is 19.7 Å². The van der Waals surface area contributed by atoms with Gasteiger partial charge in [-0.25, -0.2) is 4.79 Å². The molecule has 4 rings (SSSR count). The number of benzene rings is 2. The van der Waals surface area contributed by atoms with E-state index in [0.717, 1.165) is 13.1 Å². The van der Waals surface area contributed by atoms with Gasteiger partial charge in [-0.3, -0.25) is 4.90 Å². The second-order valence-corrected chi connectivity index (χ2v) is 7.37. The third-order valence-electron chi connectivity index (χ3n) is 5.70. The van der Waals surface area contributed by atoms with Crippen LogP contribution in [0.4, 0.5) is 4.79 Å². The van der Waals surface area contributed by atoms with E-state index in [4.69, 9.17) is 9.84 Å². The number of β-amino-alcohol motifs (C(OH)–C–C–N with tert-alkyl or cyclic N) is 1. The van der Waals surface area contributed by atoms with Gasteiger partial charge in [0, 0.05) is 38.1 Å². The lowest BCUT2D eigenvalue weighted by molar-refractivity contribution is 0.0457. The molecule has 1 saturated heterocycles. The van der Waals surface area contributed by atoms with Crippen molar-refractivity contribution in [1.82, 2.24) is 9.80 Å². The van der Waals surface area contributed by atoms with Crippen LogP contribution in [0.5, 0.6) is 0 Å². The molecule has 0 spiro atoms. The summed E-state index contributed by atoms with van der Waals surface area (Å²) in [5.74, 6) is 0.0901. The van der Waals surface area contributed by atoms with Crippen molar-refractivity contribution < 1.29 is 14.6 Å². The fourth-order valence-electron chi connectivity index (χ4n) is 4.33. The molecule has 1 aliphatic heterocycles. The predicted molar refractivity (Wildman–Crippen MR) is 105 cm³/mol. The number of nitrogens with zero attached hydrogens (tertiary/aromatic N) is 2. The summed E-state index contributed by atoms with van der Waals surface area (Å²) in [7, 11) is 0. The van der Waals surface area contributed by atoms with Gasteiger partial charge in [0.2, 0.25) is 0 Å². The summed E-state index contributed by atoms with van der Waals surface area (Å²) in [6, 6.07) is 16.8. The van der Waals surface area contributed by atoms with E-state index >= 15 is 0 Å². The summed E-state index contributed by atoms with van der Waals surface area (Å²) in [5.41, 5.74) is 4.93. The molecule has 0 radical (unpaired) electrons. The Morgan fingerprint density at radius 3 is 2.30 bits per heavy atom. The third kappa shape index (κ3) is 3.45. The van der Waals surface area contributed by atoms with Gasteiger partial charge in [0.15, 0.2) is 0 Å². The number of fused-ring (bicyclic) bond motifs is 3. The fourth-order valence-corrected chi connectivity index (χ4v) is 4.33.